The number of hydrogen-bond donors (Lipinski definition) is 0. The van der Waals surface area contributed by atoms with E-state index in [1.165, 1.54) is 32.1 Å². The molecule has 1 saturated heterocycles. The minimum absolute atomic E-state index is 0.283. The normalized spacial score (nSPS) is 33.1. The van der Waals surface area contributed by atoms with E-state index in [1.807, 2.05) is 6.92 Å². The predicted octanol–water partition coefficient (Wildman–Crippen LogP) is 3.77. The van der Waals surface area contributed by atoms with Crippen molar-refractivity contribution in [3.8, 4) is 0 Å². The van der Waals surface area contributed by atoms with Gasteiger partial charge in [0.2, 0.25) is 11.8 Å². The van der Waals surface area contributed by atoms with Gasteiger partial charge in [-0.05, 0) is 49.9 Å². The lowest BCUT2D eigenvalue weighted by atomic mass is 9.67. The number of carbonyl (C=O) groups excluding carboxylic acids is 1. The van der Waals surface area contributed by atoms with Gasteiger partial charge in [0.25, 0.3) is 0 Å². The number of nitrogens with zero attached hydrogens (tertiary/aromatic N) is 3. The first-order valence-corrected chi connectivity index (χ1v) is 10.3. The van der Waals surface area contributed by atoms with Gasteiger partial charge in [0.15, 0.2) is 5.82 Å². The molecule has 3 aliphatic rings. The Kier molecular flexibility index (Phi) is 5.09. The molecular weight excluding hydrogens is 314 g/mol. The van der Waals surface area contributed by atoms with Crippen molar-refractivity contribution in [3.05, 3.63) is 11.7 Å². The van der Waals surface area contributed by atoms with E-state index in [1.54, 1.807) is 0 Å². The van der Waals surface area contributed by atoms with Crippen LogP contribution in [0.4, 0.5) is 0 Å². The van der Waals surface area contributed by atoms with Gasteiger partial charge in [-0.1, -0.05) is 30.8 Å². The molecule has 1 aromatic heterocycles. The molecule has 2 saturated carbocycles. The maximum absolute atomic E-state index is 13.1. The van der Waals surface area contributed by atoms with Crippen LogP contribution < -0.4 is 0 Å². The van der Waals surface area contributed by atoms with E-state index in [-0.39, 0.29) is 5.92 Å². The fourth-order valence-corrected chi connectivity index (χ4v) is 5.47. The zero-order valence-electron chi connectivity index (χ0n) is 15.5. The summed E-state index contributed by atoms with van der Waals surface area (Å²) in [6.45, 7) is 3.64. The molecule has 1 aromatic rings. The molecule has 5 heteroatoms. The highest BCUT2D eigenvalue weighted by atomic mass is 16.5. The molecule has 5 nitrogen and oxygen atoms in total. The second kappa shape index (κ2) is 7.46. The van der Waals surface area contributed by atoms with Gasteiger partial charge >= 0.3 is 0 Å². The van der Waals surface area contributed by atoms with Gasteiger partial charge in [-0.15, -0.1) is 0 Å². The minimum atomic E-state index is 0.283. The van der Waals surface area contributed by atoms with Crippen LogP contribution in [0.15, 0.2) is 4.52 Å². The number of hydrogen-bond acceptors (Lipinski definition) is 4. The van der Waals surface area contributed by atoms with E-state index in [0.29, 0.717) is 17.7 Å². The smallest absolute Gasteiger partial charge is 0.225 e. The van der Waals surface area contributed by atoms with Crippen LogP contribution >= 0.6 is 0 Å². The van der Waals surface area contributed by atoms with Crippen LogP contribution in [-0.4, -0.2) is 34.0 Å². The quantitative estimate of drug-likeness (QED) is 0.837. The molecule has 0 bridgehead atoms. The van der Waals surface area contributed by atoms with Crippen molar-refractivity contribution in [1.82, 2.24) is 15.0 Å². The number of likely N-dealkylation sites (tertiary alicyclic amines) is 1. The molecule has 4 rings (SSSR count). The highest BCUT2D eigenvalue weighted by Crippen LogP contribution is 2.43. The maximum atomic E-state index is 13.1. The number of rotatable bonds is 3. The van der Waals surface area contributed by atoms with Crippen LogP contribution in [0.25, 0.3) is 0 Å². The highest BCUT2D eigenvalue weighted by molar-refractivity contribution is 5.79. The number of carbonyl (C=O) groups is 1. The van der Waals surface area contributed by atoms with Crippen LogP contribution in [0.3, 0.4) is 0 Å². The van der Waals surface area contributed by atoms with Gasteiger partial charge < -0.3 is 9.42 Å². The monoisotopic (exact) mass is 345 g/mol. The van der Waals surface area contributed by atoms with Gasteiger partial charge in [0, 0.05) is 32.4 Å². The van der Waals surface area contributed by atoms with E-state index in [9.17, 15) is 4.79 Å². The fraction of sp³-hybridized carbons (Fsp3) is 0.850. The zero-order chi connectivity index (χ0) is 17.2. The Morgan fingerprint density at radius 3 is 2.76 bits per heavy atom. The number of amides is 1. The van der Waals surface area contributed by atoms with Crippen LogP contribution in [0.5, 0.6) is 0 Å². The van der Waals surface area contributed by atoms with E-state index in [2.05, 4.69) is 15.0 Å². The van der Waals surface area contributed by atoms with Gasteiger partial charge in [0.1, 0.15) is 0 Å². The molecule has 138 valence electrons. The van der Waals surface area contributed by atoms with Gasteiger partial charge in [0.05, 0.1) is 0 Å². The van der Waals surface area contributed by atoms with Gasteiger partial charge in [-0.3, -0.25) is 4.79 Å². The van der Waals surface area contributed by atoms with Crippen LogP contribution in [-0.2, 0) is 11.2 Å². The van der Waals surface area contributed by atoms with Crippen LogP contribution in [0.1, 0.15) is 69.5 Å². The van der Waals surface area contributed by atoms with E-state index in [4.69, 9.17) is 4.52 Å². The Balaban J connectivity index is 1.33. The lowest BCUT2D eigenvalue weighted by molar-refractivity contribution is -0.139. The first-order chi connectivity index (χ1) is 12.2. The highest BCUT2D eigenvalue weighted by Gasteiger charge is 2.37. The molecule has 4 atom stereocenters. The zero-order valence-corrected chi connectivity index (χ0v) is 15.5. The first-order valence-electron chi connectivity index (χ1n) is 10.3. The van der Waals surface area contributed by atoms with E-state index in [0.717, 1.165) is 62.9 Å². The molecule has 0 unspecified atom stereocenters. The van der Waals surface area contributed by atoms with Gasteiger partial charge in [-0.2, -0.15) is 4.98 Å². The van der Waals surface area contributed by atoms with Crippen molar-refractivity contribution in [2.45, 2.75) is 71.1 Å². The summed E-state index contributed by atoms with van der Waals surface area (Å²) in [5.74, 6) is 4.33. The average Bonchev–Trinajstić information content (AvgIpc) is 3.05. The second-order valence-electron chi connectivity index (χ2n) is 8.54. The standard InChI is InChI=1S/C20H31N3O2/c1-14-21-19(22-25-14)11-15-5-4-10-23(13-15)20(24)18-9-8-16-6-2-3-7-17(16)12-18/h15-18H,2-13H2,1H3/t15-,16+,17-,18+/m0/s1. The lowest BCUT2D eigenvalue weighted by Crippen LogP contribution is -2.45. The summed E-state index contributed by atoms with van der Waals surface area (Å²) in [5, 5.41) is 4.03. The lowest BCUT2D eigenvalue weighted by Gasteiger charge is -2.41. The number of aryl methyl sites for hydroxylation is 1. The largest absolute Gasteiger partial charge is 0.342 e. The summed E-state index contributed by atoms with van der Waals surface area (Å²) >= 11 is 0. The molecule has 1 amide bonds. The Bertz CT molecular complexity index is 600. The molecule has 0 radical (unpaired) electrons. The van der Waals surface area contributed by atoms with Crippen LogP contribution in [0.2, 0.25) is 0 Å². The molecule has 2 aliphatic carbocycles. The average molecular weight is 345 g/mol. The van der Waals surface area contributed by atoms with Gasteiger partial charge in [-0.25, -0.2) is 0 Å². The molecule has 0 spiro atoms. The Morgan fingerprint density at radius 2 is 1.96 bits per heavy atom. The third-order valence-electron chi connectivity index (χ3n) is 6.76. The summed E-state index contributed by atoms with van der Waals surface area (Å²) in [6.07, 6.45) is 12.2. The number of piperidine rings is 1. The number of aromatic nitrogens is 2. The summed E-state index contributed by atoms with van der Waals surface area (Å²) in [6, 6.07) is 0. The molecule has 25 heavy (non-hydrogen) atoms. The third kappa shape index (κ3) is 3.90. The predicted molar refractivity (Wildman–Crippen MR) is 94.8 cm³/mol. The van der Waals surface area contributed by atoms with E-state index < -0.39 is 0 Å². The fourth-order valence-electron chi connectivity index (χ4n) is 5.47. The Hall–Kier alpha value is -1.39. The molecule has 0 aromatic carbocycles. The molecule has 2 heterocycles. The molecule has 0 N–H and O–H groups in total. The van der Waals surface area contributed by atoms with Crippen molar-refractivity contribution < 1.29 is 9.32 Å². The molecule has 3 fully saturated rings. The first kappa shape index (κ1) is 17.0. The topological polar surface area (TPSA) is 59.2 Å². The number of fused-ring (bicyclic) bond motifs is 1. The summed E-state index contributed by atoms with van der Waals surface area (Å²) in [4.78, 5) is 19.6. The molecular formula is C20H31N3O2. The van der Waals surface area contributed by atoms with Crippen molar-refractivity contribution >= 4 is 5.91 Å². The minimum Gasteiger partial charge on any atom is -0.342 e. The summed E-state index contributed by atoms with van der Waals surface area (Å²) in [7, 11) is 0. The Morgan fingerprint density at radius 1 is 1.12 bits per heavy atom. The third-order valence-corrected chi connectivity index (χ3v) is 6.76. The van der Waals surface area contributed by atoms with Crippen molar-refractivity contribution in [2.75, 3.05) is 13.1 Å². The van der Waals surface area contributed by atoms with Crippen molar-refractivity contribution in [3.63, 3.8) is 0 Å². The summed E-state index contributed by atoms with van der Waals surface area (Å²) in [5.41, 5.74) is 0. The summed E-state index contributed by atoms with van der Waals surface area (Å²) < 4.78 is 5.08. The Labute approximate surface area is 150 Å². The maximum Gasteiger partial charge on any atom is 0.225 e. The SMILES string of the molecule is Cc1nc(C[C@@H]2CCCN(C(=O)[C@@H]3CC[C@H]4CCCC[C@H]4C3)C2)no1. The van der Waals surface area contributed by atoms with Crippen LogP contribution in [0, 0.1) is 30.6 Å². The van der Waals surface area contributed by atoms with Crippen molar-refractivity contribution in [1.29, 1.82) is 0 Å². The van der Waals surface area contributed by atoms with Crippen molar-refractivity contribution in [2.24, 2.45) is 23.7 Å². The second-order valence-corrected chi connectivity index (χ2v) is 8.54. The molecule has 1 aliphatic heterocycles. The van der Waals surface area contributed by atoms with E-state index >= 15 is 0 Å².